The van der Waals surface area contributed by atoms with E-state index >= 15 is 0 Å². The van der Waals surface area contributed by atoms with Crippen molar-refractivity contribution in [2.24, 2.45) is 0 Å². The number of amides is 1. The fraction of sp³-hybridized carbons (Fsp3) is 0.400. The van der Waals surface area contributed by atoms with E-state index in [1.54, 1.807) is 6.92 Å². The molecular formula is C15H19NO4. The molecule has 1 aromatic carbocycles. The van der Waals surface area contributed by atoms with Gasteiger partial charge in [-0.05, 0) is 12.0 Å². The molecule has 0 aliphatic heterocycles. The average molecular weight is 277 g/mol. The summed E-state index contributed by atoms with van der Waals surface area (Å²) < 4.78 is 5.09. The van der Waals surface area contributed by atoms with Crippen LogP contribution in [0.3, 0.4) is 0 Å². The van der Waals surface area contributed by atoms with Crippen molar-refractivity contribution < 1.29 is 19.1 Å². The van der Waals surface area contributed by atoms with Crippen molar-refractivity contribution >= 4 is 17.7 Å². The number of carbonyl (C=O) groups excluding carboxylic acids is 3. The minimum atomic E-state index is -0.592. The van der Waals surface area contributed by atoms with Crippen LogP contribution in [-0.2, 0) is 25.7 Å². The molecular weight excluding hydrogens is 258 g/mol. The summed E-state index contributed by atoms with van der Waals surface area (Å²) in [5.74, 6) is -1.35. The SMILES string of the molecule is CCC(=O)C(=O)NCCCC(=O)OCc1ccccc1. The molecule has 0 aromatic heterocycles. The molecule has 0 heterocycles. The first-order chi connectivity index (χ1) is 9.63. The Balaban J connectivity index is 2.12. The van der Waals surface area contributed by atoms with Crippen molar-refractivity contribution in [2.75, 3.05) is 6.54 Å². The summed E-state index contributed by atoms with van der Waals surface area (Å²) in [5, 5.41) is 2.47. The van der Waals surface area contributed by atoms with Crippen molar-refractivity contribution in [1.82, 2.24) is 5.32 Å². The number of ketones is 1. The summed E-state index contributed by atoms with van der Waals surface area (Å²) in [6.45, 7) is 2.17. The highest BCUT2D eigenvalue weighted by Crippen LogP contribution is 2.02. The van der Waals surface area contributed by atoms with E-state index in [2.05, 4.69) is 5.32 Å². The highest BCUT2D eigenvalue weighted by molar-refractivity contribution is 6.36. The maximum Gasteiger partial charge on any atom is 0.306 e. The maximum atomic E-state index is 11.4. The minimum Gasteiger partial charge on any atom is -0.461 e. The highest BCUT2D eigenvalue weighted by Gasteiger charge is 2.10. The van der Waals surface area contributed by atoms with E-state index in [0.29, 0.717) is 13.0 Å². The number of hydrogen-bond acceptors (Lipinski definition) is 4. The Morgan fingerprint density at radius 3 is 2.50 bits per heavy atom. The van der Waals surface area contributed by atoms with Gasteiger partial charge in [-0.15, -0.1) is 0 Å². The van der Waals surface area contributed by atoms with E-state index in [-0.39, 0.29) is 25.4 Å². The number of rotatable bonds is 8. The van der Waals surface area contributed by atoms with Crippen LogP contribution < -0.4 is 5.32 Å². The zero-order valence-electron chi connectivity index (χ0n) is 11.6. The third-order valence-corrected chi connectivity index (χ3v) is 2.66. The molecule has 0 aliphatic carbocycles. The summed E-state index contributed by atoms with van der Waals surface area (Å²) in [7, 11) is 0. The van der Waals surface area contributed by atoms with E-state index in [1.807, 2.05) is 30.3 Å². The zero-order valence-corrected chi connectivity index (χ0v) is 11.6. The van der Waals surface area contributed by atoms with E-state index in [9.17, 15) is 14.4 Å². The average Bonchev–Trinajstić information content (AvgIpc) is 2.49. The van der Waals surface area contributed by atoms with Gasteiger partial charge in [-0.1, -0.05) is 37.3 Å². The lowest BCUT2D eigenvalue weighted by atomic mass is 10.2. The van der Waals surface area contributed by atoms with Crippen molar-refractivity contribution in [3.8, 4) is 0 Å². The molecule has 0 unspecified atom stereocenters. The molecule has 0 aliphatic rings. The molecule has 1 N–H and O–H groups in total. The number of ether oxygens (including phenoxy) is 1. The van der Waals surface area contributed by atoms with Crippen LogP contribution >= 0.6 is 0 Å². The monoisotopic (exact) mass is 277 g/mol. The quantitative estimate of drug-likeness (QED) is 0.445. The molecule has 0 bridgehead atoms. The first-order valence-corrected chi connectivity index (χ1v) is 6.64. The fourth-order valence-corrected chi connectivity index (χ4v) is 1.50. The second-order valence-corrected chi connectivity index (χ2v) is 4.28. The molecule has 5 heteroatoms. The van der Waals surface area contributed by atoms with E-state index < -0.39 is 11.7 Å². The Hall–Kier alpha value is -2.17. The van der Waals surface area contributed by atoms with E-state index in [4.69, 9.17) is 4.74 Å². The van der Waals surface area contributed by atoms with Crippen molar-refractivity contribution in [3.63, 3.8) is 0 Å². The van der Waals surface area contributed by atoms with Crippen LogP contribution in [-0.4, -0.2) is 24.2 Å². The van der Waals surface area contributed by atoms with Crippen LogP contribution in [0.1, 0.15) is 31.7 Å². The van der Waals surface area contributed by atoms with Crippen LogP contribution in [0.4, 0.5) is 0 Å². The smallest absolute Gasteiger partial charge is 0.306 e. The lowest BCUT2D eigenvalue weighted by Gasteiger charge is -2.05. The molecule has 0 atom stereocenters. The molecule has 0 saturated carbocycles. The number of Topliss-reactive ketones (excluding diaryl/α,β-unsaturated/α-hetero) is 1. The zero-order chi connectivity index (χ0) is 14.8. The Labute approximate surface area is 118 Å². The summed E-state index contributed by atoms with van der Waals surface area (Å²) in [4.78, 5) is 33.6. The van der Waals surface area contributed by atoms with Gasteiger partial charge in [0.05, 0.1) is 0 Å². The Morgan fingerprint density at radius 1 is 1.15 bits per heavy atom. The summed E-state index contributed by atoms with van der Waals surface area (Å²) in [5.41, 5.74) is 0.933. The lowest BCUT2D eigenvalue weighted by Crippen LogP contribution is -2.31. The van der Waals surface area contributed by atoms with Gasteiger partial charge in [0.15, 0.2) is 0 Å². The first kappa shape index (κ1) is 15.9. The molecule has 5 nitrogen and oxygen atoms in total. The van der Waals surface area contributed by atoms with Crippen LogP contribution in [0.2, 0.25) is 0 Å². The van der Waals surface area contributed by atoms with Gasteiger partial charge in [-0.25, -0.2) is 0 Å². The molecule has 1 aromatic rings. The number of carbonyl (C=O) groups is 3. The molecule has 0 radical (unpaired) electrons. The molecule has 0 fully saturated rings. The van der Waals surface area contributed by atoms with Gasteiger partial charge in [0, 0.05) is 19.4 Å². The van der Waals surface area contributed by atoms with Crippen LogP contribution in [0.15, 0.2) is 30.3 Å². The second kappa shape index (κ2) is 8.85. The number of benzene rings is 1. The van der Waals surface area contributed by atoms with Gasteiger partial charge in [-0.2, -0.15) is 0 Å². The third kappa shape index (κ3) is 6.13. The molecule has 0 spiro atoms. The molecule has 1 amide bonds. The second-order valence-electron chi connectivity index (χ2n) is 4.28. The minimum absolute atomic E-state index is 0.185. The Morgan fingerprint density at radius 2 is 1.85 bits per heavy atom. The largest absolute Gasteiger partial charge is 0.461 e. The molecule has 1 rings (SSSR count). The van der Waals surface area contributed by atoms with Crippen molar-refractivity contribution in [1.29, 1.82) is 0 Å². The van der Waals surface area contributed by atoms with Crippen LogP contribution in [0.25, 0.3) is 0 Å². The molecule has 108 valence electrons. The van der Waals surface area contributed by atoms with Gasteiger partial charge in [0.25, 0.3) is 5.91 Å². The Bertz CT molecular complexity index is 456. The molecule has 20 heavy (non-hydrogen) atoms. The van der Waals surface area contributed by atoms with Crippen LogP contribution in [0.5, 0.6) is 0 Å². The maximum absolute atomic E-state index is 11.4. The van der Waals surface area contributed by atoms with E-state index in [0.717, 1.165) is 5.56 Å². The topological polar surface area (TPSA) is 72.5 Å². The standard InChI is InChI=1S/C15H19NO4/c1-2-13(17)15(19)16-10-6-9-14(18)20-11-12-7-4-3-5-8-12/h3-5,7-8H,2,6,9-11H2,1H3,(H,16,19). The third-order valence-electron chi connectivity index (χ3n) is 2.66. The summed E-state index contributed by atoms with van der Waals surface area (Å²) in [6, 6.07) is 9.41. The van der Waals surface area contributed by atoms with Gasteiger partial charge in [0.1, 0.15) is 6.61 Å². The fourth-order valence-electron chi connectivity index (χ4n) is 1.50. The summed E-state index contributed by atoms with van der Waals surface area (Å²) in [6.07, 6.45) is 0.856. The predicted molar refractivity (Wildman–Crippen MR) is 73.8 cm³/mol. The predicted octanol–water partition coefficient (Wildman–Crippen LogP) is 1.61. The van der Waals surface area contributed by atoms with Gasteiger partial charge in [0.2, 0.25) is 5.78 Å². The number of esters is 1. The first-order valence-electron chi connectivity index (χ1n) is 6.64. The summed E-state index contributed by atoms with van der Waals surface area (Å²) >= 11 is 0. The van der Waals surface area contributed by atoms with Gasteiger partial charge < -0.3 is 10.1 Å². The molecule has 0 saturated heterocycles. The number of hydrogen-bond donors (Lipinski definition) is 1. The van der Waals surface area contributed by atoms with E-state index in [1.165, 1.54) is 0 Å². The number of nitrogens with one attached hydrogen (secondary N) is 1. The highest BCUT2D eigenvalue weighted by atomic mass is 16.5. The van der Waals surface area contributed by atoms with Crippen LogP contribution in [0, 0.1) is 0 Å². The normalized spacial score (nSPS) is 9.85. The van der Waals surface area contributed by atoms with Crippen molar-refractivity contribution in [3.05, 3.63) is 35.9 Å². The van der Waals surface area contributed by atoms with Crippen molar-refractivity contribution in [2.45, 2.75) is 32.8 Å². The Kier molecular flexibility index (Phi) is 7.03. The van der Waals surface area contributed by atoms with Gasteiger partial charge >= 0.3 is 5.97 Å². The van der Waals surface area contributed by atoms with Gasteiger partial charge in [-0.3, -0.25) is 14.4 Å². The lowest BCUT2D eigenvalue weighted by molar-refractivity contribution is -0.145.